The van der Waals surface area contributed by atoms with E-state index in [4.69, 9.17) is 14.7 Å². The zero-order chi connectivity index (χ0) is 27.6. The second-order valence-corrected chi connectivity index (χ2v) is 12.6. The first-order chi connectivity index (χ1) is 18.8. The molecule has 39 heavy (non-hydrogen) atoms. The molecule has 0 aliphatic carbocycles. The maximum absolute atomic E-state index is 13.0. The number of para-hydroxylation sites is 1. The van der Waals surface area contributed by atoms with Crippen LogP contribution < -0.4 is 15.0 Å². The maximum atomic E-state index is 13.0. The van der Waals surface area contributed by atoms with Gasteiger partial charge >= 0.3 is 0 Å². The lowest BCUT2D eigenvalue weighted by Gasteiger charge is -2.32. The highest BCUT2D eigenvalue weighted by molar-refractivity contribution is 7.92. The molecule has 2 aliphatic rings. The summed E-state index contributed by atoms with van der Waals surface area (Å²) in [4.78, 5) is 16.6. The Morgan fingerprint density at radius 2 is 1.90 bits per heavy atom. The van der Waals surface area contributed by atoms with Gasteiger partial charge in [-0.05, 0) is 51.8 Å². The van der Waals surface area contributed by atoms with Gasteiger partial charge in [0.1, 0.15) is 17.3 Å². The van der Waals surface area contributed by atoms with E-state index in [-0.39, 0.29) is 11.0 Å². The molecule has 0 radical (unpaired) electrons. The van der Waals surface area contributed by atoms with Crippen molar-refractivity contribution < 1.29 is 18.3 Å². The first-order valence-electron chi connectivity index (χ1n) is 13.5. The van der Waals surface area contributed by atoms with E-state index in [2.05, 4.69) is 33.4 Å². The Morgan fingerprint density at radius 1 is 1.13 bits per heavy atom. The Bertz CT molecular complexity index is 1480. The summed E-state index contributed by atoms with van der Waals surface area (Å²) in [6.45, 7) is 7.45. The molecule has 0 spiro atoms. The number of anilines is 3. The Labute approximate surface area is 229 Å². The number of fused-ring (bicyclic) bond motifs is 1. The number of rotatable bonds is 9. The SMILES string of the molecule is CCOc1cc(N2CCC(O)CC2)ccc1Cc1nc2c(c(Nc3ccccc3S(=O)(=O)C(C)C)n1)N=CC2. The quantitative estimate of drug-likeness (QED) is 0.397. The summed E-state index contributed by atoms with van der Waals surface area (Å²) in [6.07, 6.45) is 4.11. The third-order valence-electron chi connectivity index (χ3n) is 7.10. The normalized spacial score (nSPS) is 15.6. The molecular weight excluding hydrogens is 514 g/mol. The third-order valence-corrected chi connectivity index (χ3v) is 9.31. The van der Waals surface area contributed by atoms with Crippen molar-refractivity contribution in [3.05, 3.63) is 59.5 Å². The molecule has 1 fully saturated rings. The van der Waals surface area contributed by atoms with E-state index in [1.54, 1.807) is 44.3 Å². The monoisotopic (exact) mass is 549 g/mol. The van der Waals surface area contributed by atoms with E-state index < -0.39 is 15.1 Å². The molecule has 0 saturated carbocycles. The van der Waals surface area contributed by atoms with Crippen molar-refractivity contribution in [2.24, 2.45) is 4.99 Å². The van der Waals surface area contributed by atoms with Gasteiger partial charge in [-0.2, -0.15) is 0 Å². The molecule has 2 aromatic carbocycles. The minimum Gasteiger partial charge on any atom is -0.494 e. The number of piperidine rings is 1. The Kier molecular flexibility index (Phi) is 7.86. The second kappa shape index (κ2) is 11.3. The van der Waals surface area contributed by atoms with Crippen LogP contribution in [0.2, 0.25) is 0 Å². The molecule has 10 heteroatoms. The van der Waals surface area contributed by atoms with Crippen LogP contribution in [0.1, 0.15) is 50.7 Å². The van der Waals surface area contributed by atoms with E-state index >= 15 is 0 Å². The zero-order valence-electron chi connectivity index (χ0n) is 22.6. The summed E-state index contributed by atoms with van der Waals surface area (Å²) in [7, 11) is -3.51. The second-order valence-electron chi connectivity index (χ2n) is 10.1. The number of benzene rings is 2. The van der Waals surface area contributed by atoms with Gasteiger partial charge in [0.25, 0.3) is 0 Å². The Balaban J connectivity index is 1.46. The summed E-state index contributed by atoms with van der Waals surface area (Å²) in [5, 5.41) is 12.6. The van der Waals surface area contributed by atoms with Crippen LogP contribution in [0.3, 0.4) is 0 Å². The molecule has 2 N–H and O–H groups in total. The number of nitrogens with one attached hydrogen (secondary N) is 1. The first kappa shape index (κ1) is 27.1. The first-order valence-corrected chi connectivity index (χ1v) is 15.0. The number of aromatic nitrogens is 2. The average molecular weight is 550 g/mol. The van der Waals surface area contributed by atoms with Crippen molar-refractivity contribution in [2.75, 3.05) is 29.9 Å². The molecular formula is C29H35N5O4S. The Morgan fingerprint density at radius 3 is 2.64 bits per heavy atom. The lowest BCUT2D eigenvalue weighted by molar-refractivity contribution is 0.145. The number of aliphatic hydroxyl groups is 1. The van der Waals surface area contributed by atoms with Crippen LogP contribution in [0.15, 0.2) is 52.4 Å². The van der Waals surface area contributed by atoms with E-state index in [9.17, 15) is 13.5 Å². The van der Waals surface area contributed by atoms with Gasteiger partial charge < -0.3 is 20.1 Å². The van der Waals surface area contributed by atoms with Gasteiger partial charge in [-0.3, -0.25) is 4.99 Å². The third kappa shape index (κ3) is 5.77. The van der Waals surface area contributed by atoms with Crippen molar-refractivity contribution >= 4 is 38.9 Å². The molecule has 5 rings (SSSR count). The maximum Gasteiger partial charge on any atom is 0.182 e. The standard InChI is InChI=1S/C29H35N5O4S/c1-4-38-25-18-21(34-15-12-22(35)13-16-34)10-9-20(25)17-27-31-24-11-14-30-28(24)29(33-27)32-23-7-5-6-8-26(23)39(36,37)19(2)3/h5-10,14,18-19,22,35H,4,11-13,15-17H2,1-3H3,(H,31,32,33). The molecule has 0 unspecified atom stereocenters. The Hall–Kier alpha value is -3.50. The average Bonchev–Trinajstić information content (AvgIpc) is 3.39. The van der Waals surface area contributed by atoms with Crippen molar-refractivity contribution in [2.45, 2.75) is 62.7 Å². The molecule has 3 heterocycles. The molecule has 9 nitrogen and oxygen atoms in total. The molecule has 0 amide bonds. The molecule has 0 atom stereocenters. The van der Waals surface area contributed by atoms with Crippen LogP contribution >= 0.6 is 0 Å². The number of hydrogen-bond acceptors (Lipinski definition) is 9. The van der Waals surface area contributed by atoms with Crippen LogP contribution in [0, 0.1) is 0 Å². The summed E-state index contributed by atoms with van der Waals surface area (Å²) in [6, 6.07) is 13.1. The molecule has 206 valence electrons. The van der Waals surface area contributed by atoms with Crippen LogP contribution in [0.25, 0.3) is 0 Å². The molecule has 2 aliphatic heterocycles. The largest absolute Gasteiger partial charge is 0.494 e. The van der Waals surface area contributed by atoms with Crippen molar-refractivity contribution in [3.63, 3.8) is 0 Å². The van der Waals surface area contributed by atoms with Crippen LogP contribution in [-0.2, 0) is 22.7 Å². The number of sulfone groups is 1. The lowest BCUT2D eigenvalue weighted by atomic mass is 10.1. The smallest absolute Gasteiger partial charge is 0.182 e. The predicted molar refractivity (Wildman–Crippen MR) is 154 cm³/mol. The number of hydrogen-bond donors (Lipinski definition) is 2. The summed E-state index contributed by atoms with van der Waals surface area (Å²) in [5.41, 5.74) is 3.93. The van der Waals surface area contributed by atoms with Gasteiger partial charge in [0, 0.05) is 49.5 Å². The van der Waals surface area contributed by atoms with Crippen LogP contribution in [-0.4, -0.2) is 60.8 Å². The predicted octanol–water partition coefficient (Wildman–Crippen LogP) is 4.61. The fourth-order valence-corrected chi connectivity index (χ4v) is 6.09. The van der Waals surface area contributed by atoms with E-state index in [1.807, 2.05) is 6.92 Å². The minimum absolute atomic E-state index is 0.229. The number of aliphatic hydroxyl groups excluding tert-OH is 1. The van der Waals surface area contributed by atoms with Crippen LogP contribution in [0.5, 0.6) is 5.75 Å². The number of ether oxygens (including phenoxy) is 1. The van der Waals surface area contributed by atoms with Gasteiger partial charge in [-0.15, -0.1) is 0 Å². The molecule has 3 aromatic rings. The van der Waals surface area contributed by atoms with Crippen molar-refractivity contribution in [1.29, 1.82) is 0 Å². The zero-order valence-corrected chi connectivity index (χ0v) is 23.4. The van der Waals surface area contributed by atoms with Gasteiger partial charge in [0.2, 0.25) is 0 Å². The van der Waals surface area contributed by atoms with E-state index in [0.29, 0.717) is 42.5 Å². The molecule has 1 saturated heterocycles. The lowest BCUT2D eigenvalue weighted by Crippen LogP contribution is -2.35. The van der Waals surface area contributed by atoms with Gasteiger partial charge in [-0.25, -0.2) is 18.4 Å². The van der Waals surface area contributed by atoms with E-state index in [0.717, 1.165) is 48.6 Å². The highest BCUT2D eigenvalue weighted by atomic mass is 32.2. The van der Waals surface area contributed by atoms with Crippen molar-refractivity contribution in [1.82, 2.24) is 9.97 Å². The van der Waals surface area contributed by atoms with E-state index in [1.165, 1.54) is 0 Å². The van der Waals surface area contributed by atoms with Gasteiger partial charge in [0.15, 0.2) is 15.7 Å². The van der Waals surface area contributed by atoms with Gasteiger partial charge in [0.05, 0.1) is 34.2 Å². The summed E-state index contributed by atoms with van der Waals surface area (Å²) < 4.78 is 32.0. The summed E-state index contributed by atoms with van der Waals surface area (Å²) >= 11 is 0. The van der Waals surface area contributed by atoms with Crippen molar-refractivity contribution in [3.8, 4) is 5.75 Å². The molecule has 0 bridgehead atoms. The minimum atomic E-state index is -3.51. The highest BCUT2D eigenvalue weighted by Gasteiger charge is 2.25. The summed E-state index contributed by atoms with van der Waals surface area (Å²) in [5.74, 6) is 1.86. The number of aliphatic imine (C=N–C) groups is 1. The fourth-order valence-electron chi connectivity index (χ4n) is 4.89. The topological polar surface area (TPSA) is 117 Å². The van der Waals surface area contributed by atoms with Crippen LogP contribution in [0.4, 0.5) is 22.9 Å². The molecule has 1 aromatic heterocycles. The fraction of sp³-hybridized carbons (Fsp3) is 0.414. The number of nitrogens with zero attached hydrogens (tertiary/aromatic N) is 4. The highest BCUT2D eigenvalue weighted by Crippen LogP contribution is 2.36. The van der Waals surface area contributed by atoms with Gasteiger partial charge in [-0.1, -0.05) is 18.2 Å².